The zero-order valence-corrected chi connectivity index (χ0v) is 12.9. The SMILES string of the molecule is NCc1cccc(CS(=O)(=O)N2CCOC3CCCC32)c1. The third-order valence-electron chi connectivity index (χ3n) is 4.36. The van der Waals surface area contributed by atoms with Crippen molar-refractivity contribution in [1.29, 1.82) is 0 Å². The van der Waals surface area contributed by atoms with Gasteiger partial charge in [-0.3, -0.25) is 0 Å². The Hall–Kier alpha value is -0.950. The van der Waals surface area contributed by atoms with Crippen molar-refractivity contribution in [2.75, 3.05) is 13.2 Å². The van der Waals surface area contributed by atoms with E-state index in [4.69, 9.17) is 10.5 Å². The Kier molecular flexibility index (Phi) is 4.31. The average molecular weight is 310 g/mol. The molecule has 3 rings (SSSR count). The summed E-state index contributed by atoms with van der Waals surface area (Å²) < 4.78 is 32.8. The maximum Gasteiger partial charge on any atom is 0.218 e. The molecule has 1 saturated carbocycles. The number of rotatable bonds is 4. The molecule has 0 spiro atoms. The minimum Gasteiger partial charge on any atom is -0.375 e. The zero-order chi connectivity index (χ0) is 14.9. The summed E-state index contributed by atoms with van der Waals surface area (Å²) in [7, 11) is -3.30. The molecule has 2 aliphatic rings. The molecule has 1 aliphatic carbocycles. The van der Waals surface area contributed by atoms with E-state index < -0.39 is 10.0 Å². The van der Waals surface area contributed by atoms with Gasteiger partial charge in [-0.15, -0.1) is 0 Å². The van der Waals surface area contributed by atoms with Crippen LogP contribution < -0.4 is 5.73 Å². The Morgan fingerprint density at radius 1 is 1.29 bits per heavy atom. The largest absolute Gasteiger partial charge is 0.375 e. The molecule has 1 aliphatic heterocycles. The second-order valence-electron chi connectivity index (χ2n) is 5.80. The van der Waals surface area contributed by atoms with E-state index in [1.807, 2.05) is 24.3 Å². The fraction of sp³-hybridized carbons (Fsp3) is 0.600. The molecule has 1 heterocycles. The highest BCUT2D eigenvalue weighted by Gasteiger charge is 2.41. The minimum absolute atomic E-state index is 0.0291. The van der Waals surface area contributed by atoms with Gasteiger partial charge >= 0.3 is 0 Å². The van der Waals surface area contributed by atoms with Crippen LogP contribution in [0, 0.1) is 0 Å². The van der Waals surface area contributed by atoms with E-state index in [1.54, 1.807) is 4.31 Å². The first kappa shape index (κ1) is 15.0. The fourth-order valence-corrected chi connectivity index (χ4v) is 5.15. The molecular weight excluding hydrogens is 288 g/mol. The van der Waals surface area contributed by atoms with E-state index in [0.29, 0.717) is 19.7 Å². The summed E-state index contributed by atoms with van der Waals surface area (Å²) in [6.07, 6.45) is 3.01. The molecule has 116 valence electrons. The van der Waals surface area contributed by atoms with Crippen LogP contribution in [0.5, 0.6) is 0 Å². The summed E-state index contributed by atoms with van der Waals surface area (Å²) in [4.78, 5) is 0. The second-order valence-corrected chi connectivity index (χ2v) is 7.72. The minimum atomic E-state index is -3.30. The van der Waals surface area contributed by atoms with Crippen molar-refractivity contribution >= 4 is 10.0 Å². The van der Waals surface area contributed by atoms with Gasteiger partial charge in [-0.05, 0) is 30.4 Å². The number of morpholine rings is 1. The van der Waals surface area contributed by atoms with Crippen LogP contribution in [0.25, 0.3) is 0 Å². The van der Waals surface area contributed by atoms with Crippen molar-refractivity contribution in [2.24, 2.45) is 5.73 Å². The van der Waals surface area contributed by atoms with Gasteiger partial charge in [-0.2, -0.15) is 4.31 Å². The van der Waals surface area contributed by atoms with E-state index in [1.165, 1.54) is 0 Å². The number of sulfonamides is 1. The van der Waals surface area contributed by atoms with Gasteiger partial charge in [0.1, 0.15) is 0 Å². The van der Waals surface area contributed by atoms with E-state index in [2.05, 4.69) is 0 Å². The lowest BCUT2D eigenvalue weighted by molar-refractivity contribution is -0.0242. The van der Waals surface area contributed by atoms with Crippen LogP contribution >= 0.6 is 0 Å². The number of nitrogens with zero attached hydrogens (tertiary/aromatic N) is 1. The quantitative estimate of drug-likeness (QED) is 0.908. The highest BCUT2D eigenvalue weighted by Crippen LogP contribution is 2.32. The van der Waals surface area contributed by atoms with Gasteiger partial charge in [0, 0.05) is 13.1 Å². The zero-order valence-electron chi connectivity index (χ0n) is 12.1. The first-order chi connectivity index (χ1) is 10.1. The van der Waals surface area contributed by atoms with Crippen molar-refractivity contribution in [3.63, 3.8) is 0 Å². The van der Waals surface area contributed by atoms with E-state index in [0.717, 1.165) is 30.4 Å². The summed E-state index contributed by atoms with van der Waals surface area (Å²) in [5, 5.41) is 0. The number of hydrogen-bond acceptors (Lipinski definition) is 4. The van der Waals surface area contributed by atoms with Crippen LogP contribution in [-0.4, -0.2) is 38.0 Å². The molecule has 2 atom stereocenters. The summed E-state index contributed by atoms with van der Waals surface area (Å²) in [6, 6.07) is 7.54. The third kappa shape index (κ3) is 3.13. The van der Waals surface area contributed by atoms with Crippen LogP contribution in [0.2, 0.25) is 0 Å². The molecular formula is C15H22N2O3S. The molecule has 2 unspecified atom stereocenters. The van der Waals surface area contributed by atoms with Crippen molar-refractivity contribution in [3.05, 3.63) is 35.4 Å². The lowest BCUT2D eigenvalue weighted by Gasteiger charge is -2.36. The normalized spacial score (nSPS) is 26.7. The highest BCUT2D eigenvalue weighted by molar-refractivity contribution is 7.88. The number of nitrogens with two attached hydrogens (primary N) is 1. The van der Waals surface area contributed by atoms with E-state index in [9.17, 15) is 8.42 Å². The highest BCUT2D eigenvalue weighted by atomic mass is 32.2. The maximum atomic E-state index is 12.7. The van der Waals surface area contributed by atoms with Crippen LogP contribution in [0.4, 0.5) is 0 Å². The predicted octanol–water partition coefficient (Wildman–Crippen LogP) is 1.23. The fourth-order valence-electron chi connectivity index (χ4n) is 3.38. The van der Waals surface area contributed by atoms with Gasteiger partial charge < -0.3 is 10.5 Å². The van der Waals surface area contributed by atoms with Gasteiger partial charge in [0.15, 0.2) is 0 Å². The smallest absolute Gasteiger partial charge is 0.218 e. The van der Waals surface area contributed by atoms with Gasteiger partial charge in [0.2, 0.25) is 10.0 Å². The molecule has 5 nitrogen and oxygen atoms in total. The number of benzene rings is 1. The van der Waals surface area contributed by atoms with Crippen molar-refractivity contribution in [3.8, 4) is 0 Å². The number of hydrogen-bond donors (Lipinski definition) is 1. The number of fused-ring (bicyclic) bond motifs is 1. The monoisotopic (exact) mass is 310 g/mol. The van der Waals surface area contributed by atoms with Crippen molar-refractivity contribution in [1.82, 2.24) is 4.31 Å². The van der Waals surface area contributed by atoms with Gasteiger partial charge in [-0.1, -0.05) is 24.3 Å². The first-order valence-corrected chi connectivity index (χ1v) is 9.10. The molecule has 0 radical (unpaired) electrons. The maximum absolute atomic E-state index is 12.7. The summed E-state index contributed by atoms with van der Waals surface area (Å²) in [5.74, 6) is 0.0457. The molecule has 6 heteroatoms. The van der Waals surface area contributed by atoms with Crippen molar-refractivity contribution < 1.29 is 13.2 Å². The van der Waals surface area contributed by atoms with Gasteiger partial charge in [-0.25, -0.2) is 8.42 Å². The third-order valence-corrected chi connectivity index (χ3v) is 6.23. The van der Waals surface area contributed by atoms with E-state index in [-0.39, 0.29) is 17.9 Å². The first-order valence-electron chi connectivity index (χ1n) is 7.49. The molecule has 21 heavy (non-hydrogen) atoms. The summed E-state index contributed by atoms with van der Waals surface area (Å²) in [5.41, 5.74) is 7.39. The predicted molar refractivity (Wildman–Crippen MR) is 81.0 cm³/mol. The van der Waals surface area contributed by atoms with Gasteiger partial charge in [0.25, 0.3) is 0 Å². The number of ether oxygens (including phenoxy) is 1. The van der Waals surface area contributed by atoms with Crippen LogP contribution in [0.15, 0.2) is 24.3 Å². The average Bonchev–Trinajstić information content (AvgIpc) is 2.95. The molecule has 2 N–H and O–H groups in total. The molecule has 1 saturated heterocycles. The lowest BCUT2D eigenvalue weighted by atomic mass is 10.1. The summed E-state index contributed by atoms with van der Waals surface area (Å²) >= 11 is 0. The van der Waals surface area contributed by atoms with Crippen LogP contribution in [-0.2, 0) is 27.1 Å². The Labute approximate surface area is 126 Å². The van der Waals surface area contributed by atoms with Gasteiger partial charge in [0.05, 0.1) is 24.5 Å². The molecule has 0 aromatic heterocycles. The standard InChI is InChI=1S/C15H22N2O3S/c16-10-12-3-1-4-13(9-12)11-21(18,19)17-7-8-20-15-6-2-5-14(15)17/h1,3-4,9,14-15H,2,5-8,10-11,16H2. The van der Waals surface area contributed by atoms with Crippen molar-refractivity contribution in [2.45, 2.75) is 43.7 Å². The van der Waals surface area contributed by atoms with E-state index >= 15 is 0 Å². The Morgan fingerprint density at radius 2 is 2.10 bits per heavy atom. The molecule has 0 amide bonds. The Balaban J connectivity index is 1.79. The Bertz CT molecular complexity index is 603. The lowest BCUT2D eigenvalue weighted by Crippen LogP contribution is -2.51. The molecule has 2 fully saturated rings. The topological polar surface area (TPSA) is 72.6 Å². The molecule has 1 aromatic rings. The summed E-state index contributed by atoms with van der Waals surface area (Å²) in [6.45, 7) is 1.40. The molecule has 1 aromatic carbocycles. The second kappa shape index (κ2) is 6.04. The van der Waals surface area contributed by atoms with Crippen LogP contribution in [0.1, 0.15) is 30.4 Å². The van der Waals surface area contributed by atoms with Crippen LogP contribution in [0.3, 0.4) is 0 Å². The Morgan fingerprint density at radius 3 is 2.90 bits per heavy atom. The molecule has 0 bridgehead atoms.